The van der Waals surface area contributed by atoms with E-state index < -0.39 is 0 Å². The molecule has 0 fully saturated rings. The molecule has 1 N–H and O–H groups in total. The molecule has 2 heterocycles. The van der Waals surface area contributed by atoms with Gasteiger partial charge in [-0.15, -0.1) is 11.3 Å². The van der Waals surface area contributed by atoms with Crippen LogP contribution < -0.4 is 14.9 Å². The standard InChI is InChI=1S/C18H17N3O4S/c1-19-17(23)15-7-6-14(25-15)11-21-8-9-26-18(21)20-16(22)12-4-3-5-13(10-12)24-2/h3-10H,11H2,1-2H3,(H,19,23). The van der Waals surface area contributed by atoms with Gasteiger partial charge in [-0.05, 0) is 30.3 Å². The molecule has 2 amide bonds. The third-order valence-electron chi connectivity index (χ3n) is 3.61. The number of thiazole rings is 1. The van der Waals surface area contributed by atoms with E-state index in [1.54, 1.807) is 55.1 Å². The molecule has 7 nitrogen and oxygen atoms in total. The van der Waals surface area contributed by atoms with E-state index >= 15 is 0 Å². The largest absolute Gasteiger partial charge is 0.497 e. The normalized spacial score (nSPS) is 11.4. The minimum absolute atomic E-state index is 0.240. The predicted molar refractivity (Wildman–Crippen MR) is 96.4 cm³/mol. The number of nitrogens with zero attached hydrogens (tertiary/aromatic N) is 2. The molecular formula is C18H17N3O4S. The molecule has 26 heavy (non-hydrogen) atoms. The van der Waals surface area contributed by atoms with Gasteiger partial charge in [0.25, 0.3) is 11.8 Å². The van der Waals surface area contributed by atoms with Crippen LogP contribution in [0.4, 0.5) is 0 Å². The second-order valence-electron chi connectivity index (χ2n) is 5.31. The molecular weight excluding hydrogens is 354 g/mol. The fourth-order valence-corrected chi connectivity index (χ4v) is 3.02. The number of hydrogen-bond acceptors (Lipinski definition) is 5. The lowest BCUT2D eigenvalue weighted by Crippen LogP contribution is -2.17. The van der Waals surface area contributed by atoms with Crippen LogP contribution in [-0.2, 0) is 6.54 Å². The smallest absolute Gasteiger partial charge is 0.286 e. The maximum absolute atomic E-state index is 12.4. The highest BCUT2D eigenvalue weighted by molar-refractivity contribution is 7.07. The first kappa shape index (κ1) is 17.7. The van der Waals surface area contributed by atoms with E-state index in [4.69, 9.17) is 9.15 Å². The fraction of sp³-hybridized carbons (Fsp3) is 0.167. The van der Waals surface area contributed by atoms with Crippen LogP contribution in [-0.4, -0.2) is 30.5 Å². The van der Waals surface area contributed by atoms with Gasteiger partial charge in [-0.1, -0.05) is 6.07 Å². The second kappa shape index (κ2) is 7.83. The Bertz CT molecular complexity index is 1000. The van der Waals surface area contributed by atoms with Gasteiger partial charge in [-0.2, -0.15) is 4.99 Å². The topological polar surface area (TPSA) is 85.8 Å². The molecule has 0 aliphatic heterocycles. The van der Waals surface area contributed by atoms with Crippen LogP contribution in [0.25, 0.3) is 0 Å². The number of carbonyl (C=O) groups excluding carboxylic acids is 2. The van der Waals surface area contributed by atoms with Crippen molar-refractivity contribution in [2.45, 2.75) is 6.54 Å². The monoisotopic (exact) mass is 371 g/mol. The van der Waals surface area contributed by atoms with Crippen LogP contribution in [0.2, 0.25) is 0 Å². The Morgan fingerprint density at radius 1 is 1.31 bits per heavy atom. The minimum Gasteiger partial charge on any atom is -0.497 e. The first-order valence-corrected chi connectivity index (χ1v) is 8.66. The lowest BCUT2D eigenvalue weighted by molar-refractivity contribution is 0.0933. The number of benzene rings is 1. The summed E-state index contributed by atoms with van der Waals surface area (Å²) in [5, 5.41) is 4.34. The summed E-state index contributed by atoms with van der Waals surface area (Å²) in [6, 6.07) is 10.2. The summed E-state index contributed by atoms with van der Waals surface area (Å²) < 4.78 is 12.4. The molecule has 0 aliphatic rings. The van der Waals surface area contributed by atoms with Crippen molar-refractivity contribution in [3.05, 3.63) is 69.9 Å². The number of ether oxygens (including phenoxy) is 1. The Morgan fingerprint density at radius 3 is 2.92 bits per heavy atom. The van der Waals surface area contributed by atoms with E-state index in [9.17, 15) is 9.59 Å². The third-order valence-corrected chi connectivity index (χ3v) is 4.41. The number of nitrogens with one attached hydrogen (secondary N) is 1. The molecule has 0 unspecified atom stereocenters. The Labute approximate surface area is 153 Å². The first-order chi connectivity index (χ1) is 12.6. The molecule has 134 valence electrons. The zero-order valence-electron chi connectivity index (χ0n) is 14.3. The molecule has 0 radical (unpaired) electrons. The van der Waals surface area contributed by atoms with Crippen molar-refractivity contribution in [2.24, 2.45) is 4.99 Å². The number of aromatic nitrogens is 1. The summed E-state index contributed by atoms with van der Waals surface area (Å²) >= 11 is 1.34. The molecule has 0 aliphatic carbocycles. The highest BCUT2D eigenvalue weighted by Crippen LogP contribution is 2.13. The summed E-state index contributed by atoms with van der Waals surface area (Å²) in [7, 11) is 3.09. The zero-order chi connectivity index (χ0) is 18.5. The molecule has 2 aromatic heterocycles. The van der Waals surface area contributed by atoms with Gasteiger partial charge in [0.1, 0.15) is 11.5 Å². The van der Waals surface area contributed by atoms with E-state index in [2.05, 4.69) is 10.3 Å². The highest BCUT2D eigenvalue weighted by atomic mass is 32.1. The van der Waals surface area contributed by atoms with Crippen LogP contribution in [0.15, 0.2) is 57.4 Å². The van der Waals surface area contributed by atoms with Crippen LogP contribution >= 0.6 is 11.3 Å². The number of carbonyl (C=O) groups is 2. The number of methoxy groups -OCH3 is 1. The Kier molecular flexibility index (Phi) is 5.33. The first-order valence-electron chi connectivity index (χ1n) is 7.78. The summed E-state index contributed by atoms with van der Waals surface area (Å²) in [6.45, 7) is 0.366. The zero-order valence-corrected chi connectivity index (χ0v) is 15.1. The van der Waals surface area contributed by atoms with E-state index in [1.165, 1.54) is 11.3 Å². The van der Waals surface area contributed by atoms with Crippen molar-refractivity contribution < 1.29 is 18.7 Å². The molecule has 0 saturated carbocycles. The van der Waals surface area contributed by atoms with Gasteiger partial charge in [-0.25, -0.2) is 0 Å². The van der Waals surface area contributed by atoms with Gasteiger partial charge in [0.05, 0.1) is 13.7 Å². The van der Waals surface area contributed by atoms with Crippen molar-refractivity contribution in [1.29, 1.82) is 0 Å². The number of hydrogen-bond donors (Lipinski definition) is 1. The number of amides is 2. The van der Waals surface area contributed by atoms with Gasteiger partial charge >= 0.3 is 0 Å². The molecule has 1 aromatic carbocycles. The summed E-state index contributed by atoms with van der Waals surface area (Å²) in [5.74, 6) is 0.791. The molecule has 8 heteroatoms. The minimum atomic E-state index is -0.356. The number of rotatable bonds is 5. The highest BCUT2D eigenvalue weighted by Gasteiger charge is 2.11. The average molecular weight is 371 g/mol. The second-order valence-corrected chi connectivity index (χ2v) is 6.18. The molecule has 0 bridgehead atoms. The molecule has 3 aromatic rings. The van der Waals surface area contributed by atoms with Crippen molar-refractivity contribution in [2.75, 3.05) is 14.2 Å². The van der Waals surface area contributed by atoms with Crippen LogP contribution in [0.1, 0.15) is 26.7 Å². The quantitative estimate of drug-likeness (QED) is 0.746. The molecule has 0 saturated heterocycles. The fourth-order valence-electron chi connectivity index (χ4n) is 2.29. The van der Waals surface area contributed by atoms with Crippen molar-refractivity contribution in [3.63, 3.8) is 0 Å². The predicted octanol–water partition coefficient (Wildman–Crippen LogP) is 2.30. The van der Waals surface area contributed by atoms with E-state index in [0.29, 0.717) is 28.4 Å². The Morgan fingerprint density at radius 2 is 2.15 bits per heavy atom. The van der Waals surface area contributed by atoms with Crippen molar-refractivity contribution in [1.82, 2.24) is 9.88 Å². The SMILES string of the molecule is CNC(=O)c1ccc(Cn2ccsc2=NC(=O)c2cccc(OC)c2)o1. The van der Waals surface area contributed by atoms with E-state index in [0.717, 1.165) is 0 Å². The maximum atomic E-state index is 12.4. The summed E-state index contributed by atoms with van der Waals surface area (Å²) in [4.78, 5) is 28.7. The average Bonchev–Trinajstić information content (AvgIpc) is 3.31. The van der Waals surface area contributed by atoms with Gasteiger partial charge in [0.15, 0.2) is 10.6 Å². The van der Waals surface area contributed by atoms with Gasteiger partial charge in [0, 0.05) is 24.2 Å². The summed E-state index contributed by atoms with van der Waals surface area (Å²) in [5.41, 5.74) is 0.448. The van der Waals surface area contributed by atoms with Crippen molar-refractivity contribution >= 4 is 23.2 Å². The van der Waals surface area contributed by atoms with Crippen molar-refractivity contribution in [3.8, 4) is 5.75 Å². The molecule has 0 spiro atoms. The Hall–Kier alpha value is -3.13. The maximum Gasteiger partial charge on any atom is 0.286 e. The Balaban J connectivity index is 1.83. The van der Waals surface area contributed by atoms with Gasteiger partial charge < -0.3 is 19.0 Å². The third kappa shape index (κ3) is 3.92. The molecule has 0 atom stereocenters. The van der Waals surface area contributed by atoms with Gasteiger partial charge in [-0.3, -0.25) is 9.59 Å². The molecule has 3 rings (SSSR count). The van der Waals surface area contributed by atoms with Crippen LogP contribution in [0, 0.1) is 0 Å². The van der Waals surface area contributed by atoms with Gasteiger partial charge in [0.2, 0.25) is 0 Å². The van der Waals surface area contributed by atoms with Crippen LogP contribution in [0.3, 0.4) is 0 Å². The lowest BCUT2D eigenvalue weighted by Gasteiger charge is -2.02. The summed E-state index contributed by atoms with van der Waals surface area (Å²) in [6.07, 6.45) is 1.81. The van der Waals surface area contributed by atoms with E-state index in [1.807, 2.05) is 11.6 Å². The van der Waals surface area contributed by atoms with Crippen LogP contribution in [0.5, 0.6) is 5.75 Å². The lowest BCUT2D eigenvalue weighted by atomic mass is 10.2. The number of furan rings is 1. The van der Waals surface area contributed by atoms with E-state index in [-0.39, 0.29) is 17.6 Å².